The Morgan fingerprint density at radius 3 is 2.73 bits per heavy atom. The van der Waals surface area contributed by atoms with E-state index in [1.165, 1.54) is 38.9 Å². The summed E-state index contributed by atoms with van der Waals surface area (Å²) < 4.78 is 0. The molecule has 0 aromatic carbocycles. The van der Waals surface area contributed by atoms with Crippen molar-refractivity contribution in [2.45, 2.75) is 52.5 Å². The summed E-state index contributed by atoms with van der Waals surface area (Å²) in [6.07, 6.45) is 4.01. The molecule has 0 aromatic heterocycles. The molecule has 1 fully saturated rings. The number of likely N-dealkylation sites (tertiary alicyclic amines) is 1. The van der Waals surface area contributed by atoms with Crippen molar-refractivity contribution >= 4 is 0 Å². The summed E-state index contributed by atoms with van der Waals surface area (Å²) in [5.41, 5.74) is 0.307. The van der Waals surface area contributed by atoms with Gasteiger partial charge in [-0.25, -0.2) is 0 Å². The number of hydrogen-bond acceptors (Lipinski definition) is 2. The summed E-state index contributed by atoms with van der Waals surface area (Å²) >= 11 is 0. The van der Waals surface area contributed by atoms with E-state index in [-0.39, 0.29) is 0 Å². The minimum atomic E-state index is 0.307. The summed E-state index contributed by atoms with van der Waals surface area (Å²) in [6.45, 7) is 14.1. The first-order valence-electron chi connectivity index (χ1n) is 6.51. The third-order valence-corrected chi connectivity index (χ3v) is 3.66. The first-order chi connectivity index (χ1) is 7.03. The van der Waals surface area contributed by atoms with Crippen LogP contribution in [0.2, 0.25) is 0 Å². The van der Waals surface area contributed by atoms with Gasteiger partial charge >= 0.3 is 0 Å². The van der Waals surface area contributed by atoms with E-state index in [4.69, 9.17) is 0 Å². The van der Waals surface area contributed by atoms with Crippen LogP contribution in [-0.4, -0.2) is 36.6 Å². The molecule has 0 spiro atoms. The molecule has 0 saturated carbocycles. The van der Waals surface area contributed by atoms with Crippen molar-refractivity contribution in [2.75, 3.05) is 26.2 Å². The zero-order valence-corrected chi connectivity index (χ0v) is 11.0. The molecule has 1 saturated heterocycles. The number of rotatable bonds is 5. The molecule has 1 aliphatic heterocycles. The molecular weight excluding hydrogens is 184 g/mol. The molecule has 2 heteroatoms. The maximum atomic E-state index is 3.63. The average molecular weight is 212 g/mol. The Bertz CT molecular complexity index is 177. The lowest BCUT2D eigenvalue weighted by molar-refractivity contribution is 0.179. The molecule has 0 radical (unpaired) electrons. The maximum Gasteiger partial charge on any atom is 0.0123 e. The standard InChI is InChI=1S/C13H28N2/c1-5-13(3,4)14-8-10-15-9-6-7-12(2)11-15/h12,14H,5-11H2,1-4H3. The van der Waals surface area contributed by atoms with Crippen LogP contribution in [-0.2, 0) is 0 Å². The van der Waals surface area contributed by atoms with Gasteiger partial charge in [-0.05, 0) is 45.6 Å². The van der Waals surface area contributed by atoms with Crippen LogP contribution in [0.25, 0.3) is 0 Å². The molecule has 0 aromatic rings. The Hall–Kier alpha value is -0.0800. The van der Waals surface area contributed by atoms with Gasteiger partial charge in [0, 0.05) is 25.2 Å². The zero-order valence-electron chi connectivity index (χ0n) is 11.0. The first-order valence-corrected chi connectivity index (χ1v) is 6.51. The molecule has 0 aliphatic carbocycles. The van der Waals surface area contributed by atoms with Crippen molar-refractivity contribution in [3.05, 3.63) is 0 Å². The molecule has 15 heavy (non-hydrogen) atoms. The summed E-state index contributed by atoms with van der Waals surface area (Å²) in [7, 11) is 0. The monoisotopic (exact) mass is 212 g/mol. The third kappa shape index (κ3) is 4.98. The van der Waals surface area contributed by atoms with Crippen LogP contribution >= 0.6 is 0 Å². The Labute approximate surface area is 95.4 Å². The van der Waals surface area contributed by atoms with E-state index in [0.29, 0.717) is 5.54 Å². The smallest absolute Gasteiger partial charge is 0.0123 e. The highest BCUT2D eigenvalue weighted by Gasteiger charge is 2.17. The zero-order chi connectivity index (χ0) is 11.3. The first kappa shape index (κ1) is 13.0. The lowest BCUT2D eigenvalue weighted by Crippen LogP contribution is -2.45. The molecule has 2 nitrogen and oxygen atoms in total. The van der Waals surface area contributed by atoms with E-state index in [0.717, 1.165) is 12.5 Å². The van der Waals surface area contributed by atoms with E-state index < -0.39 is 0 Å². The fourth-order valence-electron chi connectivity index (χ4n) is 2.17. The van der Waals surface area contributed by atoms with Gasteiger partial charge in [-0.15, -0.1) is 0 Å². The van der Waals surface area contributed by atoms with Gasteiger partial charge in [0.1, 0.15) is 0 Å². The Morgan fingerprint density at radius 1 is 1.40 bits per heavy atom. The SMILES string of the molecule is CCC(C)(C)NCCN1CCCC(C)C1. The predicted molar refractivity (Wildman–Crippen MR) is 67.2 cm³/mol. The van der Waals surface area contributed by atoms with E-state index >= 15 is 0 Å². The van der Waals surface area contributed by atoms with Crippen molar-refractivity contribution in [1.82, 2.24) is 10.2 Å². The number of hydrogen-bond donors (Lipinski definition) is 1. The van der Waals surface area contributed by atoms with Crippen molar-refractivity contribution in [3.8, 4) is 0 Å². The van der Waals surface area contributed by atoms with Crippen LogP contribution in [0.4, 0.5) is 0 Å². The van der Waals surface area contributed by atoms with E-state index in [1.54, 1.807) is 0 Å². The highest BCUT2D eigenvalue weighted by Crippen LogP contribution is 2.14. The van der Waals surface area contributed by atoms with Gasteiger partial charge in [-0.1, -0.05) is 13.8 Å². The second-order valence-corrected chi connectivity index (χ2v) is 5.71. The molecule has 1 unspecified atom stereocenters. The Kier molecular flexibility index (Phi) is 5.07. The fraction of sp³-hybridized carbons (Fsp3) is 1.00. The van der Waals surface area contributed by atoms with Crippen LogP contribution < -0.4 is 5.32 Å². The van der Waals surface area contributed by atoms with Gasteiger partial charge in [0.25, 0.3) is 0 Å². The minimum Gasteiger partial charge on any atom is -0.311 e. The van der Waals surface area contributed by atoms with Crippen LogP contribution in [0.1, 0.15) is 47.0 Å². The van der Waals surface area contributed by atoms with Crippen LogP contribution in [0.15, 0.2) is 0 Å². The van der Waals surface area contributed by atoms with Gasteiger partial charge in [-0.2, -0.15) is 0 Å². The largest absolute Gasteiger partial charge is 0.311 e. The Balaban J connectivity index is 2.14. The van der Waals surface area contributed by atoms with Gasteiger partial charge in [-0.3, -0.25) is 0 Å². The normalized spacial score (nSPS) is 24.4. The quantitative estimate of drug-likeness (QED) is 0.753. The lowest BCUT2D eigenvalue weighted by Gasteiger charge is -2.32. The van der Waals surface area contributed by atoms with Crippen molar-refractivity contribution in [2.24, 2.45) is 5.92 Å². The summed E-state index contributed by atoms with van der Waals surface area (Å²) in [5, 5.41) is 3.63. The van der Waals surface area contributed by atoms with Gasteiger partial charge in [0.05, 0.1) is 0 Å². The summed E-state index contributed by atoms with van der Waals surface area (Å²) in [4.78, 5) is 2.60. The molecule has 90 valence electrons. The van der Waals surface area contributed by atoms with E-state index in [9.17, 15) is 0 Å². The summed E-state index contributed by atoms with van der Waals surface area (Å²) in [5.74, 6) is 0.901. The van der Waals surface area contributed by atoms with Crippen LogP contribution in [0.5, 0.6) is 0 Å². The Morgan fingerprint density at radius 2 is 2.13 bits per heavy atom. The molecular formula is C13H28N2. The second-order valence-electron chi connectivity index (χ2n) is 5.71. The van der Waals surface area contributed by atoms with Crippen molar-refractivity contribution < 1.29 is 0 Å². The molecule has 1 atom stereocenters. The van der Waals surface area contributed by atoms with Gasteiger partial charge in [0.2, 0.25) is 0 Å². The molecule has 0 bridgehead atoms. The van der Waals surface area contributed by atoms with Crippen molar-refractivity contribution in [1.29, 1.82) is 0 Å². The highest BCUT2D eigenvalue weighted by atomic mass is 15.1. The molecule has 1 N–H and O–H groups in total. The van der Waals surface area contributed by atoms with Crippen LogP contribution in [0.3, 0.4) is 0 Å². The lowest BCUT2D eigenvalue weighted by atomic mass is 10.00. The van der Waals surface area contributed by atoms with Crippen molar-refractivity contribution in [3.63, 3.8) is 0 Å². The molecule has 1 rings (SSSR count). The average Bonchev–Trinajstić information content (AvgIpc) is 2.18. The van der Waals surface area contributed by atoms with Gasteiger partial charge < -0.3 is 10.2 Å². The second kappa shape index (κ2) is 5.86. The summed E-state index contributed by atoms with van der Waals surface area (Å²) in [6, 6.07) is 0. The fourth-order valence-corrected chi connectivity index (χ4v) is 2.17. The maximum absolute atomic E-state index is 3.63. The van der Waals surface area contributed by atoms with E-state index in [2.05, 4.69) is 37.9 Å². The predicted octanol–water partition coefficient (Wildman–Crippen LogP) is 2.50. The number of nitrogens with zero attached hydrogens (tertiary/aromatic N) is 1. The molecule has 1 aliphatic rings. The number of nitrogens with one attached hydrogen (secondary N) is 1. The third-order valence-electron chi connectivity index (χ3n) is 3.66. The molecule has 0 amide bonds. The topological polar surface area (TPSA) is 15.3 Å². The van der Waals surface area contributed by atoms with Crippen LogP contribution in [0, 0.1) is 5.92 Å². The molecule has 1 heterocycles. The number of piperidine rings is 1. The highest BCUT2D eigenvalue weighted by molar-refractivity contribution is 4.77. The van der Waals surface area contributed by atoms with E-state index in [1.807, 2.05) is 0 Å². The minimum absolute atomic E-state index is 0.307. The van der Waals surface area contributed by atoms with Gasteiger partial charge in [0.15, 0.2) is 0 Å².